The molecule has 0 saturated heterocycles. The minimum Gasteiger partial charge on any atom is -0.475 e. The second kappa shape index (κ2) is 11.6. The fourth-order valence-electron chi connectivity index (χ4n) is 3.69. The van der Waals surface area contributed by atoms with E-state index in [-0.39, 0.29) is 28.8 Å². The summed E-state index contributed by atoms with van der Waals surface area (Å²) in [5.41, 5.74) is 0.0210. The number of esters is 1. The van der Waals surface area contributed by atoms with Crippen molar-refractivity contribution in [3.05, 3.63) is 67.9 Å². The van der Waals surface area contributed by atoms with Crippen LogP contribution in [0.15, 0.2) is 42.5 Å². The predicted octanol–water partition coefficient (Wildman–Crippen LogP) is 7.96. The first-order valence-corrected chi connectivity index (χ1v) is 13.0. The number of halogens is 5. The lowest BCUT2D eigenvalue weighted by Gasteiger charge is -2.25. The first-order valence-electron chi connectivity index (χ1n) is 11.4. The van der Waals surface area contributed by atoms with Crippen molar-refractivity contribution in [2.24, 2.45) is 5.92 Å². The molecule has 1 aromatic carbocycles. The molecule has 36 heavy (non-hydrogen) atoms. The van der Waals surface area contributed by atoms with Crippen LogP contribution >= 0.6 is 34.5 Å². The fraction of sp³-hybridized carbons (Fsp3) is 0.423. The van der Waals surface area contributed by atoms with Crippen LogP contribution in [-0.2, 0) is 16.0 Å². The Kier molecular flexibility index (Phi) is 9.20. The normalized spacial score (nSPS) is 17.0. The van der Waals surface area contributed by atoms with Gasteiger partial charge in [-0.3, -0.25) is 0 Å². The number of rotatable bonds is 9. The number of alkyl halides is 3. The van der Waals surface area contributed by atoms with Crippen LogP contribution in [-0.4, -0.2) is 29.5 Å². The van der Waals surface area contributed by atoms with Crippen molar-refractivity contribution in [2.45, 2.75) is 57.9 Å². The van der Waals surface area contributed by atoms with E-state index in [0.717, 1.165) is 6.08 Å². The highest BCUT2D eigenvalue weighted by molar-refractivity contribution is 7.13. The van der Waals surface area contributed by atoms with Crippen molar-refractivity contribution in [1.82, 2.24) is 0 Å². The van der Waals surface area contributed by atoms with E-state index in [1.54, 1.807) is 51.1 Å². The van der Waals surface area contributed by atoms with E-state index in [2.05, 4.69) is 0 Å². The second-order valence-corrected chi connectivity index (χ2v) is 10.7. The predicted molar refractivity (Wildman–Crippen MR) is 137 cm³/mol. The zero-order valence-corrected chi connectivity index (χ0v) is 22.3. The molecular weight excluding hydrogens is 536 g/mol. The maximum absolute atomic E-state index is 13.1. The summed E-state index contributed by atoms with van der Waals surface area (Å²) in [4.78, 5) is 13.5. The maximum atomic E-state index is 13.1. The Morgan fingerprint density at radius 3 is 2.58 bits per heavy atom. The molecule has 1 heterocycles. The molecule has 1 aromatic heterocycles. The van der Waals surface area contributed by atoms with Gasteiger partial charge < -0.3 is 14.6 Å². The summed E-state index contributed by atoms with van der Waals surface area (Å²) in [6.07, 6.45) is -0.230. The molecule has 0 aliphatic heterocycles. The molecule has 4 nitrogen and oxygen atoms in total. The van der Waals surface area contributed by atoms with Gasteiger partial charge in [0.2, 0.25) is 0 Å². The van der Waals surface area contributed by atoms with Gasteiger partial charge in [0.05, 0.1) is 23.7 Å². The molecule has 10 heteroatoms. The van der Waals surface area contributed by atoms with Gasteiger partial charge in [-0.25, -0.2) is 4.79 Å². The van der Waals surface area contributed by atoms with Crippen molar-refractivity contribution >= 4 is 46.1 Å². The third-order valence-electron chi connectivity index (χ3n) is 5.72. The van der Waals surface area contributed by atoms with Crippen molar-refractivity contribution in [2.75, 3.05) is 6.61 Å². The van der Waals surface area contributed by atoms with E-state index >= 15 is 0 Å². The number of aliphatic hydroxyl groups excluding tert-OH is 1. The van der Waals surface area contributed by atoms with Crippen molar-refractivity contribution in [3.63, 3.8) is 0 Å². The first kappa shape index (κ1) is 28.6. The van der Waals surface area contributed by atoms with E-state index in [1.165, 1.54) is 17.4 Å². The lowest BCUT2D eigenvalue weighted by molar-refractivity contribution is -0.160. The van der Waals surface area contributed by atoms with E-state index < -0.39 is 29.8 Å². The van der Waals surface area contributed by atoms with Crippen LogP contribution in [0, 0.1) is 5.92 Å². The summed E-state index contributed by atoms with van der Waals surface area (Å²) >= 11 is 14.1. The van der Waals surface area contributed by atoms with Crippen molar-refractivity contribution in [1.29, 1.82) is 0 Å². The highest BCUT2D eigenvalue weighted by Gasteiger charge is 2.39. The van der Waals surface area contributed by atoms with Gasteiger partial charge >= 0.3 is 12.1 Å². The Morgan fingerprint density at radius 1 is 1.19 bits per heavy atom. The molecule has 2 aromatic rings. The van der Waals surface area contributed by atoms with Crippen LogP contribution in [0.1, 0.15) is 55.0 Å². The minimum atomic E-state index is -4.29. The Hall–Kier alpha value is -2.00. The van der Waals surface area contributed by atoms with Crippen LogP contribution < -0.4 is 4.74 Å². The highest BCUT2D eigenvalue weighted by atomic mass is 35.5. The summed E-state index contributed by atoms with van der Waals surface area (Å²) in [6.45, 7) is 5.05. The number of thiophene rings is 1. The number of hydrogen-bond donors (Lipinski definition) is 1. The Bertz CT molecular complexity index is 1150. The zero-order chi connectivity index (χ0) is 26.7. The lowest BCUT2D eigenvalue weighted by atomic mass is 9.93. The molecule has 0 fully saturated rings. The molecule has 0 spiro atoms. The molecule has 1 aliphatic carbocycles. The van der Waals surface area contributed by atoms with Crippen LogP contribution in [0.25, 0.3) is 5.57 Å². The fourth-order valence-corrected chi connectivity index (χ4v) is 5.23. The number of allylic oxidation sites excluding steroid dienone is 4. The largest absolute Gasteiger partial charge is 0.475 e. The van der Waals surface area contributed by atoms with Crippen LogP contribution in [0.5, 0.6) is 5.75 Å². The van der Waals surface area contributed by atoms with Gasteiger partial charge in [-0.2, -0.15) is 13.2 Å². The SMILES string of the molecule is CCOC(=O)C(C)(C)Oc1ccc(CCC(O)c2ccc(C3=CC=CC(C(F)(F)F)C3)s2)c(Cl)c1Cl. The third kappa shape index (κ3) is 6.85. The highest BCUT2D eigenvalue weighted by Crippen LogP contribution is 2.41. The molecule has 3 rings (SSSR count). The molecule has 2 unspecified atom stereocenters. The van der Waals surface area contributed by atoms with Crippen molar-refractivity contribution in [3.8, 4) is 5.75 Å². The number of hydrogen-bond acceptors (Lipinski definition) is 5. The number of aliphatic hydroxyl groups is 1. The zero-order valence-electron chi connectivity index (χ0n) is 20.0. The summed E-state index contributed by atoms with van der Waals surface area (Å²) in [7, 11) is 0. The number of carbonyl (C=O) groups is 1. The van der Waals surface area contributed by atoms with Gasteiger partial charge in [-0.05, 0) is 69.4 Å². The van der Waals surface area contributed by atoms with E-state index in [1.807, 2.05) is 0 Å². The van der Waals surface area contributed by atoms with Gasteiger partial charge in [-0.15, -0.1) is 11.3 Å². The monoisotopic (exact) mass is 562 g/mol. The summed E-state index contributed by atoms with van der Waals surface area (Å²) < 4.78 is 50.0. The number of benzene rings is 1. The molecule has 2 atom stereocenters. The quantitative estimate of drug-likeness (QED) is 0.315. The average Bonchev–Trinajstić information content (AvgIpc) is 3.31. The van der Waals surface area contributed by atoms with Gasteiger partial charge in [0.15, 0.2) is 5.60 Å². The molecule has 196 valence electrons. The topological polar surface area (TPSA) is 55.8 Å². The first-order chi connectivity index (χ1) is 16.8. The lowest BCUT2D eigenvalue weighted by Crippen LogP contribution is -2.39. The summed E-state index contributed by atoms with van der Waals surface area (Å²) in [5, 5.41) is 11.1. The number of carbonyl (C=O) groups excluding carboxylic acids is 1. The maximum Gasteiger partial charge on any atom is 0.395 e. The number of aryl methyl sites for hydroxylation is 1. The van der Waals surface area contributed by atoms with E-state index in [9.17, 15) is 23.1 Å². The van der Waals surface area contributed by atoms with Gasteiger partial charge in [0.25, 0.3) is 0 Å². The molecule has 1 N–H and O–H groups in total. The number of ether oxygens (including phenoxy) is 2. The third-order valence-corrected chi connectivity index (χ3v) is 7.88. The van der Waals surface area contributed by atoms with Gasteiger partial charge in [0.1, 0.15) is 10.8 Å². The molecule has 0 bridgehead atoms. The van der Waals surface area contributed by atoms with Crippen LogP contribution in [0.4, 0.5) is 13.2 Å². The standard InChI is InChI=1S/C26H27Cl2F3O4S/c1-4-34-24(33)25(2,3)35-19-11-9-15(22(27)23(19)28)8-10-18(32)21-13-12-20(36-21)16-6-5-7-17(14-16)26(29,30)31/h5-7,9,11-13,17-18,32H,4,8,10,14H2,1-3H3. The minimum absolute atomic E-state index is 0.119. The average molecular weight is 563 g/mol. The van der Waals surface area contributed by atoms with E-state index in [4.69, 9.17) is 32.7 Å². The smallest absolute Gasteiger partial charge is 0.395 e. The molecule has 0 saturated carbocycles. The summed E-state index contributed by atoms with van der Waals surface area (Å²) in [6, 6.07) is 6.80. The van der Waals surface area contributed by atoms with Crippen molar-refractivity contribution < 1.29 is 32.5 Å². The Labute approximate surface area is 222 Å². The van der Waals surface area contributed by atoms with Crippen LogP contribution in [0.2, 0.25) is 10.0 Å². The van der Waals surface area contributed by atoms with E-state index in [0.29, 0.717) is 33.7 Å². The molecule has 0 radical (unpaired) electrons. The second-order valence-electron chi connectivity index (χ2n) is 8.87. The van der Waals surface area contributed by atoms with Gasteiger partial charge in [-0.1, -0.05) is 47.5 Å². The molecule has 1 aliphatic rings. The Morgan fingerprint density at radius 2 is 1.92 bits per heavy atom. The molecular formula is C26H27Cl2F3O4S. The molecule has 0 amide bonds. The summed E-state index contributed by atoms with van der Waals surface area (Å²) in [5.74, 6) is -1.80. The Balaban J connectivity index is 1.64. The van der Waals surface area contributed by atoms with Crippen LogP contribution in [0.3, 0.4) is 0 Å². The van der Waals surface area contributed by atoms with Gasteiger partial charge in [0, 0.05) is 9.75 Å².